The molecule has 3 heterocycles. The lowest BCUT2D eigenvalue weighted by Gasteiger charge is -2.07. The van der Waals surface area contributed by atoms with E-state index in [2.05, 4.69) is 23.4 Å². The van der Waals surface area contributed by atoms with Gasteiger partial charge in [0.2, 0.25) is 0 Å². The molecule has 0 unspecified atom stereocenters. The van der Waals surface area contributed by atoms with E-state index in [0.717, 1.165) is 11.3 Å². The first-order chi connectivity index (χ1) is 12.3. The summed E-state index contributed by atoms with van der Waals surface area (Å²) >= 11 is 1.70. The summed E-state index contributed by atoms with van der Waals surface area (Å²) in [5.74, 6) is 0.215. The van der Waals surface area contributed by atoms with Crippen LogP contribution in [0.25, 0.3) is 0 Å². The summed E-state index contributed by atoms with van der Waals surface area (Å²) in [7, 11) is -2.99. The van der Waals surface area contributed by atoms with Crippen LogP contribution in [0.3, 0.4) is 0 Å². The average Bonchev–Trinajstić information content (AvgIpc) is 3.29. The summed E-state index contributed by atoms with van der Waals surface area (Å²) in [6.45, 7) is 6.58. The Hall–Kier alpha value is -1.67. The Labute approximate surface area is 158 Å². The van der Waals surface area contributed by atoms with Crippen molar-refractivity contribution in [3.8, 4) is 0 Å². The molecule has 1 amide bonds. The van der Waals surface area contributed by atoms with Gasteiger partial charge in [0.15, 0.2) is 9.84 Å². The molecule has 1 atom stereocenters. The van der Waals surface area contributed by atoms with Crippen molar-refractivity contribution in [3.05, 3.63) is 39.3 Å². The molecule has 2 aromatic rings. The lowest BCUT2D eigenvalue weighted by molar-refractivity contribution is 0.0950. The second-order valence-electron chi connectivity index (χ2n) is 7.02. The van der Waals surface area contributed by atoms with Crippen molar-refractivity contribution in [2.75, 3.05) is 11.5 Å². The molecule has 1 aliphatic rings. The first-order valence-electron chi connectivity index (χ1n) is 8.94. The second-order valence-corrected chi connectivity index (χ2v) is 10.5. The number of sulfone groups is 1. The number of amides is 1. The first-order valence-corrected chi connectivity index (χ1v) is 11.6. The Morgan fingerprint density at radius 3 is 2.69 bits per heavy atom. The van der Waals surface area contributed by atoms with Crippen LogP contribution in [0.1, 0.15) is 65.0 Å². The van der Waals surface area contributed by atoms with Gasteiger partial charge in [-0.2, -0.15) is 5.10 Å². The monoisotopic (exact) mass is 395 g/mol. The number of hydrogen-bond donors (Lipinski definition) is 1. The second kappa shape index (κ2) is 7.52. The molecular formula is C18H25N3O3S2. The van der Waals surface area contributed by atoms with Crippen LogP contribution in [-0.2, 0) is 22.8 Å². The van der Waals surface area contributed by atoms with E-state index in [1.807, 2.05) is 19.9 Å². The van der Waals surface area contributed by atoms with Crippen molar-refractivity contribution in [1.29, 1.82) is 0 Å². The van der Waals surface area contributed by atoms with Crippen LogP contribution < -0.4 is 5.32 Å². The van der Waals surface area contributed by atoms with Gasteiger partial charge in [0.25, 0.3) is 5.91 Å². The highest BCUT2D eigenvalue weighted by Crippen LogP contribution is 2.26. The van der Waals surface area contributed by atoms with Crippen LogP contribution in [0.2, 0.25) is 0 Å². The number of aromatic nitrogens is 2. The highest BCUT2D eigenvalue weighted by Gasteiger charge is 2.31. The molecule has 1 saturated heterocycles. The van der Waals surface area contributed by atoms with Gasteiger partial charge in [0.1, 0.15) is 0 Å². The SMILES string of the molecule is CCc1ccc(CNC(=O)c2cn([C@H]3CCS(=O)(=O)C3)nc2C(C)C)s1. The number of thiophene rings is 1. The Morgan fingerprint density at radius 2 is 2.12 bits per heavy atom. The van der Waals surface area contributed by atoms with Crippen LogP contribution in [0.4, 0.5) is 0 Å². The Balaban J connectivity index is 1.76. The van der Waals surface area contributed by atoms with E-state index in [0.29, 0.717) is 24.2 Å². The number of rotatable bonds is 6. The number of carbonyl (C=O) groups is 1. The zero-order valence-corrected chi connectivity index (χ0v) is 17.0. The van der Waals surface area contributed by atoms with Gasteiger partial charge in [-0.1, -0.05) is 20.8 Å². The summed E-state index contributed by atoms with van der Waals surface area (Å²) in [5.41, 5.74) is 1.25. The van der Waals surface area contributed by atoms with Crippen molar-refractivity contribution in [2.45, 2.75) is 52.1 Å². The fourth-order valence-electron chi connectivity index (χ4n) is 3.15. The van der Waals surface area contributed by atoms with Crippen LogP contribution in [0, 0.1) is 0 Å². The predicted molar refractivity (Wildman–Crippen MR) is 103 cm³/mol. The Morgan fingerprint density at radius 1 is 1.38 bits per heavy atom. The standard InChI is InChI=1S/C18H25N3O3S2/c1-4-14-5-6-15(25-14)9-19-18(22)16-10-21(20-17(16)12(2)3)13-7-8-26(23,24)11-13/h5-6,10,12-13H,4,7-9,11H2,1-3H3,(H,19,22)/t13-/m0/s1. The molecule has 1 fully saturated rings. The quantitative estimate of drug-likeness (QED) is 0.815. The van der Waals surface area contributed by atoms with E-state index in [1.54, 1.807) is 22.2 Å². The third-order valence-corrected chi connectivity index (χ3v) is 7.60. The van der Waals surface area contributed by atoms with Crippen molar-refractivity contribution < 1.29 is 13.2 Å². The van der Waals surface area contributed by atoms with Crippen molar-refractivity contribution in [1.82, 2.24) is 15.1 Å². The van der Waals surface area contributed by atoms with E-state index in [1.165, 1.54) is 4.88 Å². The Bertz CT molecular complexity index is 897. The summed E-state index contributed by atoms with van der Waals surface area (Å²) < 4.78 is 25.2. The zero-order valence-electron chi connectivity index (χ0n) is 15.4. The van der Waals surface area contributed by atoms with Gasteiger partial charge >= 0.3 is 0 Å². The van der Waals surface area contributed by atoms with Gasteiger partial charge < -0.3 is 5.32 Å². The molecule has 8 heteroatoms. The zero-order chi connectivity index (χ0) is 18.9. The molecule has 0 spiro atoms. The predicted octanol–water partition coefficient (Wildman–Crippen LogP) is 2.92. The molecule has 0 saturated carbocycles. The molecule has 0 aliphatic carbocycles. The van der Waals surface area contributed by atoms with E-state index in [9.17, 15) is 13.2 Å². The summed E-state index contributed by atoms with van der Waals surface area (Å²) in [6.07, 6.45) is 3.26. The number of nitrogens with one attached hydrogen (secondary N) is 1. The molecule has 3 rings (SSSR count). The molecule has 142 valence electrons. The highest BCUT2D eigenvalue weighted by molar-refractivity contribution is 7.91. The van der Waals surface area contributed by atoms with Gasteiger partial charge in [-0.05, 0) is 30.9 Å². The molecule has 0 radical (unpaired) electrons. The lowest BCUT2D eigenvalue weighted by Crippen LogP contribution is -2.23. The maximum absolute atomic E-state index is 12.7. The number of nitrogens with zero attached hydrogens (tertiary/aromatic N) is 2. The van der Waals surface area contributed by atoms with Gasteiger partial charge in [-0.25, -0.2) is 8.42 Å². The highest BCUT2D eigenvalue weighted by atomic mass is 32.2. The number of hydrogen-bond acceptors (Lipinski definition) is 5. The van der Waals surface area contributed by atoms with Gasteiger partial charge in [0.05, 0.1) is 35.3 Å². The summed E-state index contributed by atoms with van der Waals surface area (Å²) in [4.78, 5) is 15.1. The molecular weight excluding hydrogens is 370 g/mol. The van der Waals surface area contributed by atoms with Crippen LogP contribution in [0.15, 0.2) is 18.3 Å². The van der Waals surface area contributed by atoms with E-state index >= 15 is 0 Å². The molecule has 26 heavy (non-hydrogen) atoms. The Kier molecular flexibility index (Phi) is 5.53. The van der Waals surface area contributed by atoms with Crippen LogP contribution in [-0.4, -0.2) is 35.6 Å². The third kappa shape index (κ3) is 4.17. The fourth-order valence-corrected chi connectivity index (χ4v) is 5.75. The largest absolute Gasteiger partial charge is 0.347 e. The van der Waals surface area contributed by atoms with Crippen molar-refractivity contribution in [3.63, 3.8) is 0 Å². The van der Waals surface area contributed by atoms with E-state index in [-0.39, 0.29) is 29.4 Å². The van der Waals surface area contributed by atoms with Gasteiger partial charge in [0, 0.05) is 16.0 Å². The van der Waals surface area contributed by atoms with Crippen molar-refractivity contribution in [2.24, 2.45) is 0 Å². The smallest absolute Gasteiger partial charge is 0.255 e. The normalized spacial score (nSPS) is 19.2. The topological polar surface area (TPSA) is 81.1 Å². The summed E-state index contributed by atoms with van der Waals surface area (Å²) in [5, 5.41) is 7.51. The minimum absolute atomic E-state index is 0.0865. The molecule has 2 aromatic heterocycles. The molecule has 1 aliphatic heterocycles. The molecule has 0 bridgehead atoms. The first kappa shape index (κ1) is 19.1. The van der Waals surface area contributed by atoms with Crippen LogP contribution >= 0.6 is 11.3 Å². The van der Waals surface area contributed by atoms with Crippen LogP contribution in [0.5, 0.6) is 0 Å². The maximum Gasteiger partial charge on any atom is 0.255 e. The minimum Gasteiger partial charge on any atom is -0.347 e. The van der Waals surface area contributed by atoms with E-state index < -0.39 is 9.84 Å². The average molecular weight is 396 g/mol. The van der Waals surface area contributed by atoms with E-state index in [4.69, 9.17) is 0 Å². The minimum atomic E-state index is -2.99. The fraction of sp³-hybridized carbons (Fsp3) is 0.556. The molecule has 1 N–H and O–H groups in total. The van der Waals surface area contributed by atoms with Crippen molar-refractivity contribution >= 4 is 27.1 Å². The maximum atomic E-state index is 12.7. The third-order valence-electron chi connectivity index (χ3n) is 4.62. The number of aryl methyl sites for hydroxylation is 1. The lowest BCUT2D eigenvalue weighted by atomic mass is 10.1. The number of carbonyl (C=O) groups excluding carboxylic acids is 1. The summed E-state index contributed by atoms with van der Waals surface area (Å²) in [6, 6.07) is 3.95. The molecule has 0 aromatic carbocycles. The van der Waals surface area contributed by atoms with Gasteiger partial charge in [-0.3, -0.25) is 9.48 Å². The van der Waals surface area contributed by atoms with Gasteiger partial charge in [-0.15, -0.1) is 11.3 Å². The molecule has 6 nitrogen and oxygen atoms in total.